The van der Waals surface area contributed by atoms with E-state index in [0.717, 1.165) is 32.2 Å². The first-order valence-electron chi connectivity index (χ1n) is 19.7. The quantitative estimate of drug-likeness (QED) is 0.0437. The number of aldehydes is 1. The van der Waals surface area contributed by atoms with Gasteiger partial charge in [-0.1, -0.05) is 24.3 Å². The van der Waals surface area contributed by atoms with Crippen molar-refractivity contribution in [3.8, 4) is 0 Å². The molecule has 0 saturated carbocycles. The number of carbonyl (C=O) groups is 8. The maximum atomic E-state index is 14.6. The fraction of sp³-hybridized carbons (Fsp3) is 0.409. The van der Waals surface area contributed by atoms with Gasteiger partial charge in [0.15, 0.2) is 12.4 Å². The van der Waals surface area contributed by atoms with Crippen LogP contribution in [0.4, 0.5) is 35.1 Å². The van der Waals surface area contributed by atoms with Crippen LogP contribution in [0.25, 0.3) is 0 Å². The van der Waals surface area contributed by atoms with Gasteiger partial charge in [0.2, 0.25) is 12.9 Å². The minimum Gasteiger partial charge on any atom is -0.466 e. The number of alkyl halides is 6. The zero-order chi connectivity index (χ0) is 52.1. The maximum Gasteiger partial charge on any atom is 0.336 e. The summed E-state index contributed by atoms with van der Waals surface area (Å²) in [7, 11) is 2.21. The van der Waals surface area contributed by atoms with Gasteiger partial charge in [0.25, 0.3) is 0 Å². The Kier molecular flexibility index (Phi) is 29.1. The number of methoxy groups -OCH3 is 2. The van der Waals surface area contributed by atoms with E-state index in [1.54, 1.807) is 6.92 Å². The molecule has 24 heteroatoms. The van der Waals surface area contributed by atoms with Gasteiger partial charge >= 0.3 is 35.8 Å². The average Bonchev–Trinajstić information content (AvgIpc) is 3.28. The Morgan fingerprint density at radius 3 is 1.76 bits per heavy atom. The van der Waals surface area contributed by atoms with E-state index in [4.69, 9.17) is 19.9 Å². The van der Waals surface area contributed by atoms with Crippen molar-refractivity contribution in [1.29, 1.82) is 0 Å². The van der Waals surface area contributed by atoms with Crippen LogP contribution in [0, 0.1) is 11.6 Å². The molecule has 1 aliphatic rings. The van der Waals surface area contributed by atoms with Crippen molar-refractivity contribution in [3.63, 3.8) is 0 Å². The van der Waals surface area contributed by atoms with Gasteiger partial charge in [-0.25, -0.2) is 49.5 Å². The smallest absolute Gasteiger partial charge is 0.336 e. The minimum absolute atomic E-state index is 0.0136. The van der Waals surface area contributed by atoms with E-state index in [1.807, 2.05) is 0 Å². The van der Waals surface area contributed by atoms with Crippen LogP contribution in [0.5, 0.6) is 0 Å². The number of rotatable bonds is 19. The molecule has 2 aromatic carbocycles. The lowest BCUT2D eigenvalue weighted by molar-refractivity contribution is -0.151. The van der Waals surface area contributed by atoms with E-state index in [1.165, 1.54) is 45.2 Å². The molecular weight excluding hydrogens is 932 g/mol. The van der Waals surface area contributed by atoms with E-state index >= 15 is 0 Å². The van der Waals surface area contributed by atoms with Crippen LogP contribution in [0.3, 0.4) is 0 Å². The lowest BCUT2D eigenvalue weighted by Crippen LogP contribution is -2.36. The molecule has 16 nitrogen and oxygen atoms in total. The third-order valence-electron chi connectivity index (χ3n) is 8.19. The van der Waals surface area contributed by atoms with E-state index < -0.39 is 116 Å². The number of benzene rings is 2. The van der Waals surface area contributed by atoms with Crippen molar-refractivity contribution >= 4 is 47.9 Å². The molecule has 0 spiro atoms. The van der Waals surface area contributed by atoms with Crippen molar-refractivity contribution in [3.05, 3.63) is 105 Å². The highest BCUT2D eigenvalue weighted by Gasteiger charge is 2.41. The van der Waals surface area contributed by atoms with Gasteiger partial charge in [-0.05, 0) is 37.1 Å². The van der Waals surface area contributed by atoms with Crippen molar-refractivity contribution in [1.82, 2.24) is 5.32 Å². The van der Waals surface area contributed by atoms with E-state index in [2.05, 4.69) is 19.5 Å². The van der Waals surface area contributed by atoms with Gasteiger partial charge in [0, 0.05) is 49.6 Å². The summed E-state index contributed by atoms with van der Waals surface area (Å²) in [5.74, 6) is -8.32. The first kappa shape index (κ1) is 60.9. The van der Waals surface area contributed by atoms with Gasteiger partial charge in [-0.3, -0.25) is 24.0 Å². The van der Waals surface area contributed by atoms with Gasteiger partial charge in [-0.15, -0.1) is 0 Å². The Morgan fingerprint density at radius 1 is 0.735 bits per heavy atom. The van der Waals surface area contributed by atoms with Crippen molar-refractivity contribution < 1.29 is 102 Å². The van der Waals surface area contributed by atoms with E-state index in [-0.39, 0.29) is 65.6 Å². The molecule has 2 aromatic rings. The van der Waals surface area contributed by atoms with Crippen molar-refractivity contribution in [2.75, 3.05) is 54.0 Å². The molecule has 1 atom stereocenters. The number of halogens is 8. The molecule has 0 saturated heterocycles. The normalized spacial score (nSPS) is 12.9. The summed E-state index contributed by atoms with van der Waals surface area (Å²) >= 11 is 0. The number of allylic oxidation sites excluding steroid dienone is 2. The summed E-state index contributed by atoms with van der Waals surface area (Å²) in [5, 5.41) is 2.55. The van der Waals surface area contributed by atoms with Crippen LogP contribution in [0.1, 0.15) is 67.1 Å². The molecule has 68 heavy (non-hydrogen) atoms. The van der Waals surface area contributed by atoms with Gasteiger partial charge in [0.05, 0.1) is 55.9 Å². The zero-order valence-electron chi connectivity index (χ0n) is 37.5. The standard InChI is InChI=1S/C22H23F4NO6.C9H7F3O.C8H12O5.C5H8FNO2/c1-4-32-22(30)20-16(10-33-11(2)28)27-15(9-23)19(21(29)31-3)18(20)12-6-5-7-14(24)13(12)8-17(25)26;10-8-3-1-2-6(5-13)7(8)4-9(11)12;1-3-12-8(11)4-7(10)5-13-6(2)9;1-9-5(8)2-4(7)3-6/h5-7,17-18,27H,4,8-10H2,1-3H3;1-3,5,9H,4H2;3-5H2,1-2H3;2H,3,7H2,1H3/b;;;4-2-. The number of nitrogens with two attached hydrogens (primary N) is 1. The number of hydrogen-bond acceptors (Lipinski definition) is 16. The predicted molar refractivity (Wildman–Crippen MR) is 222 cm³/mol. The number of nitrogens with one attached hydrogen (secondary N) is 1. The number of ketones is 1. The fourth-order valence-electron chi connectivity index (χ4n) is 5.44. The summed E-state index contributed by atoms with van der Waals surface area (Å²) in [6.45, 7) is 2.59. The summed E-state index contributed by atoms with van der Waals surface area (Å²) < 4.78 is 131. The maximum absolute atomic E-state index is 14.6. The Labute approximate surface area is 384 Å². The summed E-state index contributed by atoms with van der Waals surface area (Å²) in [5.41, 5.74) is 2.71. The van der Waals surface area contributed by atoms with Crippen LogP contribution >= 0.6 is 0 Å². The molecule has 1 unspecified atom stereocenters. The molecule has 0 aliphatic carbocycles. The molecule has 1 heterocycles. The van der Waals surface area contributed by atoms with Crippen molar-refractivity contribution in [2.45, 2.75) is 65.7 Å². The largest absolute Gasteiger partial charge is 0.466 e. The molecular formula is C44H50F8N2O14. The zero-order valence-corrected chi connectivity index (χ0v) is 37.5. The molecule has 0 fully saturated rings. The number of esters is 6. The number of hydrogen-bond donors (Lipinski definition) is 2. The highest BCUT2D eigenvalue weighted by molar-refractivity contribution is 6.00. The van der Waals surface area contributed by atoms with Gasteiger partial charge < -0.3 is 39.5 Å². The second-order valence-corrected chi connectivity index (χ2v) is 13.1. The lowest BCUT2D eigenvalue weighted by Gasteiger charge is -2.32. The van der Waals surface area contributed by atoms with Gasteiger partial charge in [-0.2, -0.15) is 0 Å². The molecule has 376 valence electrons. The second-order valence-electron chi connectivity index (χ2n) is 13.1. The fourth-order valence-corrected chi connectivity index (χ4v) is 5.44. The molecule has 0 aromatic heterocycles. The van der Waals surface area contributed by atoms with Gasteiger partial charge in [0.1, 0.15) is 44.3 Å². The van der Waals surface area contributed by atoms with E-state index in [9.17, 15) is 73.5 Å². The first-order valence-corrected chi connectivity index (χ1v) is 19.7. The molecule has 3 N–H and O–H groups in total. The second kappa shape index (κ2) is 32.5. The lowest BCUT2D eigenvalue weighted by atomic mass is 9.78. The summed E-state index contributed by atoms with van der Waals surface area (Å²) in [4.78, 5) is 89.4. The minimum atomic E-state index is -2.95. The first-order chi connectivity index (χ1) is 32.1. The predicted octanol–water partition coefficient (Wildman–Crippen LogP) is 5.59. The third kappa shape index (κ3) is 21.9. The monoisotopic (exact) mass is 982 g/mol. The topological polar surface area (TPSA) is 230 Å². The Morgan fingerprint density at radius 2 is 1.28 bits per heavy atom. The van der Waals surface area contributed by atoms with Crippen LogP contribution in [-0.2, 0) is 74.8 Å². The molecule has 0 amide bonds. The summed E-state index contributed by atoms with van der Waals surface area (Å²) in [6.07, 6.45) is -6.41. The highest BCUT2D eigenvalue weighted by Crippen LogP contribution is 2.42. The molecule has 0 radical (unpaired) electrons. The van der Waals surface area contributed by atoms with Crippen LogP contribution in [0.15, 0.2) is 70.7 Å². The number of dihydropyridines is 1. The number of Topliss-reactive ketones (excluding diaryl/α,β-unsaturated/α-hetero) is 1. The number of carbonyl (C=O) groups excluding carboxylic acids is 8. The van der Waals surface area contributed by atoms with Crippen LogP contribution in [-0.4, -0.2) is 115 Å². The molecule has 1 aliphatic heterocycles. The van der Waals surface area contributed by atoms with Crippen molar-refractivity contribution in [2.24, 2.45) is 5.73 Å². The summed E-state index contributed by atoms with van der Waals surface area (Å²) in [6, 6.07) is 7.10. The molecule has 3 rings (SSSR count). The highest BCUT2D eigenvalue weighted by atomic mass is 19.3. The SMILES string of the molecule is CCOC(=O)C1=C(COC(C)=O)NC(CF)=C(C(=O)OC)C1c1cccc(F)c1CC(F)F.CCOC(=O)CC(=O)COC(C)=O.COC(=O)/C=C(\N)CF.O=Cc1cccc(F)c1CC(F)F. The Hall–Kier alpha value is -7.14. The van der Waals surface area contributed by atoms with E-state index in [0.29, 0.717) is 6.29 Å². The molecule has 0 bridgehead atoms. The Bertz CT molecular complexity index is 2160. The average molecular weight is 983 g/mol. The number of ether oxygens (including phenoxy) is 6. The van der Waals surface area contributed by atoms with Crippen LogP contribution < -0.4 is 11.1 Å². The third-order valence-corrected chi connectivity index (χ3v) is 8.19. The van der Waals surface area contributed by atoms with Crippen LogP contribution in [0.2, 0.25) is 0 Å². The Balaban J connectivity index is 0.00000105.